The molecule has 0 unspecified atom stereocenters. The molecule has 0 atom stereocenters. The SMILES string of the molecule is O=C(Cc1ccc2c(c1)CCC2)NC1CCN(c2ccc(C(F)(F)F)cn2)CC1. The minimum absolute atomic E-state index is 0.0223. The molecule has 2 aliphatic rings. The molecule has 0 spiro atoms. The molecular formula is C22H24F3N3O. The van der Waals surface area contributed by atoms with E-state index in [1.54, 1.807) is 0 Å². The van der Waals surface area contributed by atoms with Crippen LogP contribution in [0.15, 0.2) is 36.5 Å². The van der Waals surface area contributed by atoms with Gasteiger partial charge in [-0.25, -0.2) is 4.98 Å². The van der Waals surface area contributed by atoms with Crippen molar-refractivity contribution >= 4 is 11.7 Å². The van der Waals surface area contributed by atoms with Gasteiger partial charge in [0, 0.05) is 25.3 Å². The second-order valence-corrected chi connectivity index (χ2v) is 7.87. The summed E-state index contributed by atoms with van der Waals surface area (Å²) in [6.07, 6.45) is 1.80. The first-order valence-electron chi connectivity index (χ1n) is 10.1. The summed E-state index contributed by atoms with van der Waals surface area (Å²) in [6.45, 7) is 1.31. The first-order valence-corrected chi connectivity index (χ1v) is 10.1. The largest absolute Gasteiger partial charge is 0.417 e. The fourth-order valence-corrected chi connectivity index (χ4v) is 4.19. The Morgan fingerprint density at radius 1 is 1.10 bits per heavy atom. The fraction of sp³-hybridized carbons (Fsp3) is 0.455. The highest BCUT2D eigenvalue weighted by Crippen LogP contribution is 2.30. The third-order valence-electron chi connectivity index (χ3n) is 5.79. The first-order chi connectivity index (χ1) is 13.9. The Labute approximate surface area is 168 Å². The average molecular weight is 403 g/mol. The molecule has 1 aliphatic heterocycles. The number of rotatable bonds is 4. The van der Waals surface area contributed by atoms with Gasteiger partial charge in [-0.3, -0.25) is 4.79 Å². The van der Waals surface area contributed by atoms with Crippen LogP contribution in [0.5, 0.6) is 0 Å². The van der Waals surface area contributed by atoms with E-state index in [0.717, 1.165) is 43.5 Å². The molecule has 1 saturated heterocycles. The molecule has 0 radical (unpaired) electrons. The van der Waals surface area contributed by atoms with E-state index in [-0.39, 0.29) is 11.9 Å². The lowest BCUT2D eigenvalue weighted by Crippen LogP contribution is -2.45. The van der Waals surface area contributed by atoms with Gasteiger partial charge in [-0.1, -0.05) is 18.2 Å². The van der Waals surface area contributed by atoms with Gasteiger partial charge in [0.1, 0.15) is 5.82 Å². The Morgan fingerprint density at radius 3 is 2.55 bits per heavy atom. The Morgan fingerprint density at radius 2 is 1.86 bits per heavy atom. The van der Waals surface area contributed by atoms with E-state index >= 15 is 0 Å². The van der Waals surface area contributed by atoms with Crippen molar-refractivity contribution in [3.05, 3.63) is 58.8 Å². The molecule has 1 fully saturated rings. The van der Waals surface area contributed by atoms with Gasteiger partial charge in [-0.2, -0.15) is 13.2 Å². The molecule has 1 aliphatic carbocycles. The number of halogens is 3. The fourth-order valence-electron chi connectivity index (χ4n) is 4.19. The number of carbonyl (C=O) groups is 1. The van der Waals surface area contributed by atoms with Gasteiger partial charge in [0.05, 0.1) is 12.0 Å². The number of pyridine rings is 1. The summed E-state index contributed by atoms with van der Waals surface area (Å²) in [4.78, 5) is 18.3. The van der Waals surface area contributed by atoms with Crippen LogP contribution in [0.3, 0.4) is 0 Å². The standard InChI is InChI=1S/C22H24F3N3O/c23-22(24,25)18-6-7-20(26-14-18)28-10-8-19(9-11-28)27-21(29)13-15-4-5-16-2-1-3-17(16)12-15/h4-7,12,14,19H,1-3,8-11,13H2,(H,27,29). The van der Waals surface area contributed by atoms with E-state index < -0.39 is 11.7 Å². The molecule has 7 heteroatoms. The van der Waals surface area contributed by atoms with Gasteiger partial charge in [0.15, 0.2) is 0 Å². The maximum Gasteiger partial charge on any atom is 0.417 e. The van der Waals surface area contributed by atoms with Crippen LogP contribution in [0.4, 0.5) is 19.0 Å². The maximum atomic E-state index is 12.7. The quantitative estimate of drug-likeness (QED) is 0.842. The van der Waals surface area contributed by atoms with E-state index in [1.807, 2.05) is 11.0 Å². The number of nitrogens with one attached hydrogen (secondary N) is 1. The highest BCUT2D eigenvalue weighted by Gasteiger charge is 2.31. The van der Waals surface area contributed by atoms with Crippen LogP contribution in [0.1, 0.15) is 41.5 Å². The number of hydrogen-bond acceptors (Lipinski definition) is 3. The van der Waals surface area contributed by atoms with Crippen molar-refractivity contribution in [2.45, 2.75) is 50.7 Å². The molecule has 2 aromatic rings. The van der Waals surface area contributed by atoms with Crippen molar-refractivity contribution in [2.75, 3.05) is 18.0 Å². The highest BCUT2D eigenvalue weighted by molar-refractivity contribution is 5.79. The number of aromatic nitrogens is 1. The number of anilines is 1. The van der Waals surface area contributed by atoms with Crippen molar-refractivity contribution < 1.29 is 18.0 Å². The number of fused-ring (bicyclic) bond motifs is 1. The number of carbonyl (C=O) groups excluding carboxylic acids is 1. The average Bonchev–Trinajstić information content (AvgIpc) is 3.16. The van der Waals surface area contributed by atoms with Crippen LogP contribution < -0.4 is 10.2 Å². The van der Waals surface area contributed by atoms with Crippen LogP contribution in [0, 0.1) is 0 Å². The second-order valence-electron chi connectivity index (χ2n) is 7.87. The highest BCUT2D eigenvalue weighted by atomic mass is 19.4. The summed E-state index contributed by atoms with van der Waals surface area (Å²) in [6, 6.07) is 8.90. The van der Waals surface area contributed by atoms with Crippen molar-refractivity contribution in [1.82, 2.24) is 10.3 Å². The number of aryl methyl sites for hydroxylation is 2. The predicted octanol–water partition coefficient (Wildman–Crippen LogP) is 3.92. The minimum Gasteiger partial charge on any atom is -0.356 e. The molecule has 2 heterocycles. The lowest BCUT2D eigenvalue weighted by Gasteiger charge is -2.33. The smallest absolute Gasteiger partial charge is 0.356 e. The zero-order valence-corrected chi connectivity index (χ0v) is 16.1. The van der Waals surface area contributed by atoms with Crippen molar-refractivity contribution in [2.24, 2.45) is 0 Å². The van der Waals surface area contributed by atoms with Crippen LogP contribution >= 0.6 is 0 Å². The summed E-state index contributed by atoms with van der Waals surface area (Å²) < 4.78 is 38.0. The zero-order chi connectivity index (χ0) is 20.4. The van der Waals surface area contributed by atoms with E-state index in [1.165, 1.54) is 23.6 Å². The summed E-state index contributed by atoms with van der Waals surface area (Å²) in [7, 11) is 0. The van der Waals surface area contributed by atoms with Crippen molar-refractivity contribution in [3.63, 3.8) is 0 Å². The minimum atomic E-state index is -4.37. The molecule has 154 valence electrons. The molecule has 29 heavy (non-hydrogen) atoms. The topological polar surface area (TPSA) is 45.2 Å². The number of benzene rings is 1. The van der Waals surface area contributed by atoms with Gasteiger partial charge in [-0.15, -0.1) is 0 Å². The zero-order valence-electron chi connectivity index (χ0n) is 16.1. The normalized spacial score (nSPS) is 17.3. The second kappa shape index (κ2) is 8.05. The molecule has 1 aromatic heterocycles. The molecule has 1 N–H and O–H groups in total. The maximum absolute atomic E-state index is 12.7. The Balaban J connectivity index is 1.27. The summed E-state index contributed by atoms with van der Waals surface area (Å²) >= 11 is 0. The lowest BCUT2D eigenvalue weighted by molar-refractivity contribution is -0.137. The van der Waals surface area contributed by atoms with Crippen LogP contribution in [-0.2, 0) is 30.2 Å². The third-order valence-corrected chi connectivity index (χ3v) is 5.79. The van der Waals surface area contributed by atoms with Crippen LogP contribution in [-0.4, -0.2) is 30.0 Å². The van der Waals surface area contributed by atoms with E-state index in [2.05, 4.69) is 22.4 Å². The third kappa shape index (κ3) is 4.71. The van der Waals surface area contributed by atoms with Crippen molar-refractivity contribution in [1.29, 1.82) is 0 Å². The van der Waals surface area contributed by atoms with Gasteiger partial charge in [0.2, 0.25) is 5.91 Å². The summed E-state index contributed by atoms with van der Waals surface area (Å²) in [5, 5.41) is 3.10. The molecule has 0 saturated carbocycles. The molecule has 0 bridgehead atoms. The molecular weight excluding hydrogens is 379 g/mol. The number of nitrogens with zero attached hydrogens (tertiary/aromatic N) is 2. The van der Waals surface area contributed by atoms with Gasteiger partial charge < -0.3 is 10.2 Å². The molecule has 1 aromatic carbocycles. The Kier molecular flexibility index (Phi) is 5.48. The molecule has 4 nitrogen and oxygen atoms in total. The van der Waals surface area contributed by atoms with E-state index in [9.17, 15) is 18.0 Å². The number of alkyl halides is 3. The molecule has 4 rings (SSSR count). The van der Waals surface area contributed by atoms with Crippen LogP contribution in [0.2, 0.25) is 0 Å². The van der Waals surface area contributed by atoms with Gasteiger partial charge in [-0.05, 0) is 60.9 Å². The van der Waals surface area contributed by atoms with E-state index in [4.69, 9.17) is 0 Å². The van der Waals surface area contributed by atoms with Crippen LogP contribution in [0.25, 0.3) is 0 Å². The Bertz CT molecular complexity index is 872. The molecule has 1 amide bonds. The van der Waals surface area contributed by atoms with E-state index in [0.29, 0.717) is 25.3 Å². The Hall–Kier alpha value is -2.57. The summed E-state index contributed by atoms with van der Waals surface area (Å²) in [5.74, 6) is 0.565. The van der Waals surface area contributed by atoms with Gasteiger partial charge in [0.25, 0.3) is 0 Å². The van der Waals surface area contributed by atoms with Gasteiger partial charge >= 0.3 is 6.18 Å². The number of piperidine rings is 1. The number of hydrogen-bond donors (Lipinski definition) is 1. The monoisotopic (exact) mass is 403 g/mol. The lowest BCUT2D eigenvalue weighted by atomic mass is 10.0. The summed E-state index contributed by atoms with van der Waals surface area (Å²) in [5.41, 5.74) is 3.08. The number of amides is 1. The predicted molar refractivity (Wildman–Crippen MR) is 105 cm³/mol. The van der Waals surface area contributed by atoms with Crippen molar-refractivity contribution in [3.8, 4) is 0 Å². The first kappa shape index (κ1) is 19.7.